The number of likely N-dealkylation sites (N-methyl/N-ethyl adjacent to an activating group) is 1. The summed E-state index contributed by atoms with van der Waals surface area (Å²) in [6, 6.07) is 0. The molecule has 0 amide bonds. The quantitative estimate of drug-likeness (QED) is 0.609. The van der Waals surface area contributed by atoms with Gasteiger partial charge in [0.25, 0.3) is 0 Å². The molecule has 0 aromatic rings. The van der Waals surface area contributed by atoms with Crippen molar-refractivity contribution in [1.29, 1.82) is 0 Å². The van der Waals surface area contributed by atoms with Crippen molar-refractivity contribution in [3.8, 4) is 0 Å². The fourth-order valence-corrected chi connectivity index (χ4v) is 2.28. The van der Waals surface area contributed by atoms with Gasteiger partial charge in [0, 0.05) is 25.2 Å². The van der Waals surface area contributed by atoms with Crippen molar-refractivity contribution in [3.05, 3.63) is 0 Å². The van der Waals surface area contributed by atoms with Crippen LogP contribution in [0.25, 0.3) is 0 Å². The molecule has 3 nitrogen and oxygen atoms in total. The van der Waals surface area contributed by atoms with Crippen LogP contribution >= 0.6 is 12.1 Å². The molecule has 0 spiro atoms. The van der Waals surface area contributed by atoms with Crippen molar-refractivity contribution < 1.29 is 0 Å². The van der Waals surface area contributed by atoms with E-state index in [1.54, 1.807) is 12.1 Å². The van der Waals surface area contributed by atoms with Crippen molar-refractivity contribution >= 4 is 12.1 Å². The van der Waals surface area contributed by atoms with Crippen LogP contribution in [0.4, 0.5) is 0 Å². The van der Waals surface area contributed by atoms with Crippen LogP contribution in [0.5, 0.6) is 0 Å². The van der Waals surface area contributed by atoms with Gasteiger partial charge in [-0.2, -0.15) is 0 Å². The molecule has 66 valence electrons. The van der Waals surface area contributed by atoms with Crippen LogP contribution in [0.15, 0.2) is 0 Å². The van der Waals surface area contributed by atoms with Gasteiger partial charge in [-0.15, -0.1) is 0 Å². The summed E-state index contributed by atoms with van der Waals surface area (Å²) in [6.45, 7) is 4.39. The Balaban J connectivity index is 2.45. The third-order valence-electron chi connectivity index (χ3n) is 2.05. The van der Waals surface area contributed by atoms with E-state index in [2.05, 4.69) is 35.4 Å². The smallest absolute Gasteiger partial charge is 0.0552 e. The first-order valence-corrected chi connectivity index (χ1v) is 4.81. The molecular formula is C7H17N3S. The molecule has 1 saturated heterocycles. The zero-order chi connectivity index (χ0) is 8.32. The van der Waals surface area contributed by atoms with E-state index in [4.69, 9.17) is 0 Å². The third-order valence-corrected chi connectivity index (χ3v) is 2.87. The number of rotatable bonds is 3. The lowest BCUT2D eigenvalue weighted by molar-refractivity contribution is 0.272. The highest BCUT2D eigenvalue weighted by Crippen LogP contribution is 2.19. The molecule has 1 aliphatic rings. The summed E-state index contributed by atoms with van der Waals surface area (Å²) in [5.74, 6) is 0. The normalized spacial score (nSPS) is 31.6. The zero-order valence-electron chi connectivity index (χ0n) is 7.48. The van der Waals surface area contributed by atoms with Crippen LogP contribution in [0.2, 0.25) is 0 Å². The molecule has 1 fully saturated rings. The predicted octanol–water partition coefficient (Wildman–Crippen LogP) is 0.453. The summed E-state index contributed by atoms with van der Waals surface area (Å²) >= 11 is 1.62. The van der Waals surface area contributed by atoms with Gasteiger partial charge in [0.2, 0.25) is 0 Å². The minimum Gasteiger partial charge on any atom is -0.307 e. The SMILES string of the molecule is CCC1(CN(C)C)CNSN1. The maximum Gasteiger partial charge on any atom is 0.0552 e. The number of hydrogen-bond acceptors (Lipinski definition) is 4. The van der Waals surface area contributed by atoms with Crippen LogP contribution in [0, 0.1) is 0 Å². The summed E-state index contributed by atoms with van der Waals surface area (Å²) in [7, 11) is 4.23. The highest BCUT2D eigenvalue weighted by atomic mass is 32.2. The lowest BCUT2D eigenvalue weighted by Gasteiger charge is -2.29. The number of nitrogens with one attached hydrogen (secondary N) is 2. The Morgan fingerprint density at radius 1 is 1.55 bits per heavy atom. The summed E-state index contributed by atoms with van der Waals surface area (Å²) < 4.78 is 6.66. The maximum atomic E-state index is 3.42. The van der Waals surface area contributed by atoms with Crippen molar-refractivity contribution in [2.45, 2.75) is 18.9 Å². The van der Waals surface area contributed by atoms with Gasteiger partial charge in [0.15, 0.2) is 0 Å². The van der Waals surface area contributed by atoms with Crippen molar-refractivity contribution in [2.75, 3.05) is 27.2 Å². The largest absolute Gasteiger partial charge is 0.307 e. The van der Waals surface area contributed by atoms with Gasteiger partial charge >= 0.3 is 0 Å². The van der Waals surface area contributed by atoms with E-state index in [1.807, 2.05) is 0 Å². The van der Waals surface area contributed by atoms with E-state index >= 15 is 0 Å². The second-order valence-electron chi connectivity index (χ2n) is 3.40. The molecule has 0 aliphatic carbocycles. The molecule has 2 N–H and O–H groups in total. The number of hydrogen-bond donors (Lipinski definition) is 2. The van der Waals surface area contributed by atoms with Crippen molar-refractivity contribution in [1.82, 2.24) is 14.3 Å². The standard InChI is InChI=1S/C7H17N3S/c1-4-7(6-10(2)3)5-8-11-9-7/h8-9H,4-6H2,1-3H3. The summed E-state index contributed by atoms with van der Waals surface area (Å²) in [4.78, 5) is 2.23. The van der Waals surface area contributed by atoms with Crippen LogP contribution in [0.3, 0.4) is 0 Å². The Morgan fingerprint density at radius 2 is 2.27 bits per heavy atom. The summed E-state index contributed by atoms with van der Waals surface area (Å²) in [5.41, 5.74) is 0.286. The fourth-order valence-electron chi connectivity index (χ4n) is 1.36. The van der Waals surface area contributed by atoms with Gasteiger partial charge in [-0.3, -0.25) is 0 Å². The Morgan fingerprint density at radius 3 is 2.64 bits per heavy atom. The molecule has 1 atom stereocenters. The monoisotopic (exact) mass is 175 g/mol. The maximum absolute atomic E-state index is 3.42. The average Bonchev–Trinajstić information content (AvgIpc) is 2.36. The summed E-state index contributed by atoms with van der Waals surface area (Å²) in [5, 5.41) is 0. The molecule has 0 aromatic carbocycles. The molecule has 1 heterocycles. The topological polar surface area (TPSA) is 27.3 Å². The van der Waals surface area contributed by atoms with E-state index in [9.17, 15) is 0 Å². The Kier molecular flexibility index (Phi) is 3.18. The molecule has 4 heteroatoms. The lowest BCUT2D eigenvalue weighted by Crippen LogP contribution is -2.49. The van der Waals surface area contributed by atoms with Gasteiger partial charge in [0.1, 0.15) is 0 Å². The van der Waals surface area contributed by atoms with Crippen LogP contribution < -0.4 is 9.44 Å². The first kappa shape index (κ1) is 9.32. The zero-order valence-corrected chi connectivity index (χ0v) is 8.29. The molecular weight excluding hydrogens is 158 g/mol. The molecule has 1 unspecified atom stereocenters. The van der Waals surface area contributed by atoms with Gasteiger partial charge in [-0.25, -0.2) is 9.44 Å². The second-order valence-corrected chi connectivity index (χ2v) is 4.09. The van der Waals surface area contributed by atoms with Crippen molar-refractivity contribution in [2.24, 2.45) is 0 Å². The first-order valence-electron chi connectivity index (χ1n) is 3.99. The molecule has 11 heavy (non-hydrogen) atoms. The second kappa shape index (κ2) is 3.76. The van der Waals surface area contributed by atoms with Gasteiger partial charge in [-0.1, -0.05) is 6.92 Å². The minimum atomic E-state index is 0.286. The van der Waals surface area contributed by atoms with E-state index < -0.39 is 0 Å². The third kappa shape index (κ3) is 2.33. The summed E-state index contributed by atoms with van der Waals surface area (Å²) in [6.07, 6.45) is 1.17. The van der Waals surface area contributed by atoms with Crippen LogP contribution in [0.1, 0.15) is 13.3 Å². The van der Waals surface area contributed by atoms with E-state index in [-0.39, 0.29) is 5.54 Å². The average molecular weight is 175 g/mol. The first-order chi connectivity index (χ1) is 5.18. The van der Waals surface area contributed by atoms with Crippen molar-refractivity contribution in [3.63, 3.8) is 0 Å². The van der Waals surface area contributed by atoms with Gasteiger partial charge < -0.3 is 4.90 Å². The van der Waals surface area contributed by atoms with E-state index in [0.29, 0.717) is 0 Å². The Bertz CT molecular complexity index is 121. The minimum absolute atomic E-state index is 0.286. The van der Waals surface area contributed by atoms with Crippen LogP contribution in [-0.2, 0) is 0 Å². The molecule has 0 saturated carbocycles. The molecule has 0 aromatic heterocycles. The molecule has 0 bridgehead atoms. The van der Waals surface area contributed by atoms with Gasteiger partial charge in [-0.05, 0) is 20.5 Å². The fraction of sp³-hybridized carbons (Fsp3) is 1.00. The highest BCUT2D eigenvalue weighted by molar-refractivity contribution is 7.95. The molecule has 1 aliphatic heterocycles. The molecule has 1 rings (SSSR count). The van der Waals surface area contributed by atoms with E-state index in [1.165, 1.54) is 6.42 Å². The van der Waals surface area contributed by atoms with E-state index in [0.717, 1.165) is 13.1 Å². The van der Waals surface area contributed by atoms with Gasteiger partial charge in [0.05, 0.1) is 5.54 Å². The Labute approximate surface area is 73.2 Å². The van der Waals surface area contributed by atoms with Crippen LogP contribution in [-0.4, -0.2) is 37.6 Å². The number of nitrogens with zero attached hydrogens (tertiary/aromatic N) is 1. The highest BCUT2D eigenvalue weighted by Gasteiger charge is 2.32. The lowest BCUT2D eigenvalue weighted by atomic mass is 9.97. The predicted molar refractivity (Wildman–Crippen MR) is 50.3 cm³/mol. The Hall–Kier alpha value is 0.230. The molecule has 0 radical (unpaired) electrons.